The first-order valence-corrected chi connectivity index (χ1v) is 9.40. The van der Waals surface area contributed by atoms with E-state index in [2.05, 4.69) is 36.5 Å². The van der Waals surface area contributed by atoms with Crippen LogP contribution in [0.5, 0.6) is 0 Å². The molecule has 0 saturated carbocycles. The van der Waals surface area contributed by atoms with Crippen LogP contribution in [0.1, 0.15) is 6.92 Å². The Morgan fingerprint density at radius 2 is 1.82 bits per heavy atom. The van der Waals surface area contributed by atoms with Crippen molar-refractivity contribution in [2.45, 2.75) is 13.0 Å². The summed E-state index contributed by atoms with van der Waals surface area (Å²) in [6, 6.07) is 11.9. The largest absolute Gasteiger partial charge is 0.325 e. The Bertz CT molecular complexity index is 1070. The zero-order chi connectivity index (χ0) is 20.3. The maximum absolute atomic E-state index is 12.5. The highest BCUT2D eigenvalue weighted by atomic mass is 79.9. The van der Waals surface area contributed by atoms with Gasteiger partial charge in [-0.05, 0) is 60.2 Å². The number of rotatable bonds is 6. The molecule has 1 heterocycles. The molecule has 28 heavy (non-hydrogen) atoms. The van der Waals surface area contributed by atoms with Gasteiger partial charge in [-0.25, -0.2) is 4.79 Å². The number of carbonyl (C=O) groups excluding carboxylic acids is 2. The maximum Gasteiger partial charge on any atom is 0.323 e. The van der Waals surface area contributed by atoms with Gasteiger partial charge in [-0.15, -0.1) is 0 Å². The summed E-state index contributed by atoms with van der Waals surface area (Å²) in [5, 5.41) is 5.61. The number of benzene rings is 2. The van der Waals surface area contributed by atoms with Crippen LogP contribution >= 0.6 is 15.9 Å². The van der Waals surface area contributed by atoms with Gasteiger partial charge < -0.3 is 20.6 Å². The Labute approximate surface area is 169 Å². The number of nitrogens with one attached hydrogen (secondary N) is 4. The van der Waals surface area contributed by atoms with Crippen LogP contribution in [0.4, 0.5) is 11.4 Å². The number of aromatic amines is 2. The Balaban J connectivity index is 1.59. The monoisotopic (exact) mass is 445 g/mol. The van der Waals surface area contributed by atoms with Crippen molar-refractivity contribution in [3.05, 3.63) is 57.4 Å². The summed E-state index contributed by atoms with van der Waals surface area (Å²) in [5.74, 6) is -0.478. The predicted octanol–water partition coefficient (Wildman–Crippen LogP) is 2.52. The van der Waals surface area contributed by atoms with Crippen molar-refractivity contribution >= 4 is 50.2 Å². The lowest BCUT2D eigenvalue weighted by atomic mass is 10.2. The molecule has 0 radical (unpaired) electrons. The molecular weight excluding hydrogens is 426 g/mol. The van der Waals surface area contributed by atoms with Crippen molar-refractivity contribution in [2.24, 2.45) is 0 Å². The lowest BCUT2D eigenvalue weighted by Gasteiger charge is -2.23. The minimum Gasteiger partial charge on any atom is -0.325 e. The number of aromatic nitrogens is 2. The second kappa shape index (κ2) is 8.41. The molecule has 0 aliphatic carbocycles. The maximum atomic E-state index is 12.5. The van der Waals surface area contributed by atoms with Crippen LogP contribution in [0.2, 0.25) is 0 Å². The van der Waals surface area contributed by atoms with Crippen molar-refractivity contribution < 1.29 is 9.59 Å². The summed E-state index contributed by atoms with van der Waals surface area (Å²) in [7, 11) is 1.71. The second-order valence-electron chi connectivity index (χ2n) is 6.45. The number of likely N-dealkylation sites (N-methyl/N-ethyl adjacent to an activating group) is 1. The minimum atomic E-state index is -0.536. The molecule has 1 aromatic heterocycles. The molecular formula is C19H20BrN5O3. The summed E-state index contributed by atoms with van der Waals surface area (Å²) in [4.78, 5) is 43.1. The van der Waals surface area contributed by atoms with E-state index in [0.717, 1.165) is 4.47 Å². The number of para-hydroxylation sites is 1. The van der Waals surface area contributed by atoms with E-state index >= 15 is 0 Å². The van der Waals surface area contributed by atoms with E-state index in [9.17, 15) is 14.4 Å². The van der Waals surface area contributed by atoms with Gasteiger partial charge in [0.15, 0.2) is 0 Å². The predicted molar refractivity (Wildman–Crippen MR) is 112 cm³/mol. The zero-order valence-corrected chi connectivity index (χ0v) is 17.0. The van der Waals surface area contributed by atoms with Crippen molar-refractivity contribution in [1.29, 1.82) is 0 Å². The van der Waals surface area contributed by atoms with Gasteiger partial charge in [0.05, 0.1) is 29.3 Å². The summed E-state index contributed by atoms with van der Waals surface area (Å²) < 4.78 is 0.787. The zero-order valence-electron chi connectivity index (χ0n) is 15.4. The summed E-state index contributed by atoms with van der Waals surface area (Å²) in [6.07, 6.45) is 0. The number of nitrogens with zero attached hydrogens (tertiary/aromatic N) is 1. The summed E-state index contributed by atoms with van der Waals surface area (Å²) >= 11 is 3.38. The van der Waals surface area contributed by atoms with Gasteiger partial charge in [0.1, 0.15) is 0 Å². The van der Waals surface area contributed by atoms with Gasteiger partial charge in [-0.2, -0.15) is 0 Å². The molecule has 2 amide bonds. The van der Waals surface area contributed by atoms with Gasteiger partial charge in [0.2, 0.25) is 11.8 Å². The van der Waals surface area contributed by atoms with Crippen LogP contribution in [-0.2, 0) is 9.59 Å². The lowest BCUT2D eigenvalue weighted by Crippen LogP contribution is -2.43. The molecule has 0 aliphatic rings. The number of fused-ring (bicyclic) bond motifs is 1. The average molecular weight is 446 g/mol. The van der Waals surface area contributed by atoms with Gasteiger partial charge in [0, 0.05) is 10.2 Å². The average Bonchev–Trinajstić information content (AvgIpc) is 3.02. The van der Waals surface area contributed by atoms with Crippen LogP contribution in [0.3, 0.4) is 0 Å². The van der Waals surface area contributed by atoms with E-state index < -0.39 is 6.04 Å². The normalized spacial score (nSPS) is 12.1. The number of anilines is 2. The molecule has 1 unspecified atom stereocenters. The molecule has 0 bridgehead atoms. The molecule has 4 N–H and O–H groups in total. The van der Waals surface area contributed by atoms with E-state index in [1.807, 2.05) is 18.2 Å². The Hall–Kier alpha value is -2.91. The van der Waals surface area contributed by atoms with Crippen molar-refractivity contribution in [3.63, 3.8) is 0 Å². The Kier molecular flexibility index (Phi) is 5.96. The van der Waals surface area contributed by atoms with E-state index in [0.29, 0.717) is 22.4 Å². The third-order valence-corrected chi connectivity index (χ3v) is 5.06. The topological polar surface area (TPSA) is 110 Å². The molecule has 0 spiro atoms. The van der Waals surface area contributed by atoms with E-state index in [1.165, 1.54) is 0 Å². The van der Waals surface area contributed by atoms with Crippen LogP contribution < -0.4 is 16.3 Å². The quantitative estimate of drug-likeness (QED) is 0.467. The van der Waals surface area contributed by atoms with Gasteiger partial charge in [-0.1, -0.05) is 12.1 Å². The molecule has 2 aromatic carbocycles. The number of hydrogen-bond acceptors (Lipinski definition) is 4. The standard InChI is InChI=1S/C19H20BrN5O3/c1-11(25(2)10-17(26)22-14-6-4-3-5-13(14)20)18(27)21-12-7-8-15-16(9-12)24-19(28)23-15/h3-9,11H,10H2,1-2H3,(H,21,27)(H,22,26)(H2,23,24,28). The van der Waals surface area contributed by atoms with E-state index in [-0.39, 0.29) is 24.0 Å². The third-order valence-electron chi connectivity index (χ3n) is 4.37. The minimum absolute atomic E-state index is 0.0556. The van der Waals surface area contributed by atoms with Crippen LogP contribution in [-0.4, -0.2) is 46.3 Å². The second-order valence-corrected chi connectivity index (χ2v) is 7.30. The highest BCUT2D eigenvalue weighted by Crippen LogP contribution is 2.21. The molecule has 3 rings (SSSR count). The highest BCUT2D eigenvalue weighted by molar-refractivity contribution is 9.10. The summed E-state index contributed by atoms with van der Waals surface area (Å²) in [5.41, 5.74) is 2.20. The molecule has 1 atom stereocenters. The van der Waals surface area contributed by atoms with Gasteiger partial charge in [0.25, 0.3) is 0 Å². The number of halogens is 1. The fraction of sp³-hybridized carbons (Fsp3) is 0.211. The van der Waals surface area contributed by atoms with Crippen LogP contribution in [0.15, 0.2) is 51.7 Å². The van der Waals surface area contributed by atoms with Crippen molar-refractivity contribution in [1.82, 2.24) is 14.9 Å². The number of amides is 2. The van der Waals surface area contributed by atoms with Crippen molar-refractivity contribution in [3.8, 4) is 0 Å². The van der Waals surface area contributed by atoms with Gasteiger partial charge in [-0.3, -0.25) is 14.5 Å². The van der Waals surface area contributed by atoms with Crippen LogP contribution in [0.25, 0.3) is 11.0 Å². The molecule has 0 saturated heterocycles. The first-order chi connectivity index (χ1) is 13.3. The van der Waals surface area contributed by atoms with Crippen molar-refractivity contribution in [2.75, 3.05) is 24.2 Å². The lowest BCUT2D eigenvalue weighted by molar-refractivity contribution is -0.122. The number of carbonyl (C=O) groups is 2. The first-order valence-electron chi connectivity index (χ1n) is 8.61. The molecule has 0 fully saturated rings. The molecule has 0 aliphatic heterocycles. The first kappa shape index (κ1) is 19.8. The smallest absolute Gasteiger partial charge is 0.323 e. The molecule has 9 heteroatoms. The molecule has 3 aromatic rings. The fourth-order valence-electron chi connectivity index (χ4n) is 2.67. The molecule has 8 nitrogen and oxygen atoms in total. The Morgan fingerprint density at radius 1 is 1.11 bits per heavy atom. The summed E-state index contributed by atoms with van der Waals surface area (Å²) in [6.45, 7) is 1.78. The Morgan fingerprint density at radius 3 is 2.57 bits per heavy atom. The number of H-pyrrole nitrogens is 2. The van der Waals surface area contributed by atoms with E-state index in [4.69, 9.17) is 0 Å². The molecule has 146 valence electrons. The third kappa shape index (κ3) is 4.68. The van der Waals surface area contributed by atoms with E-state index in [1.54, 1.807) is 43.1 Å². The highest BCUT2D eigenvalue weighted by Gasteiger charge is 2.20. The fourth-order valence-corrected chi connectivity index (χ4v) is 3.06. The number of imidazole rings is 1. The van der Waals surface area contributed by atoms with Gasteiger partial charge >= 0.3 is 5.69 Å². The van der Waals surface area contributed by atoms with Crippen LogP contribution in [0, 0.1) is 0 Å². The SMILES string of the molecule is CC(C(=O)Nc1ccc2[nH]c(=O)[nH]c2c1)N(C)CC(=O)Nc1ccccc1Br. The number of hydrogen-bond donors (Lipinski definition) is 4.